The van der Waals surface area contributed by atoms with E-state index in [0.717, 1.165) is 44.3 Å². The van der Waals surface area contributed by atoms with Gasteiger partial charge in [-0.2, -0.15) is 0 Å². The van der Waals surface area contributed by atoms with Crippen LogP contribution in [0, 0.1) is 0 Å². The summed E-state index contributed by atoms with van der Waals surface area (Å²) in [6.45, 7) is 2.01. The van der Waals surface area contributed by atoms with Crippen molar-refractivity contribution in [1.29, 1.82) is 0 Å². The van der Waals surface area contributed by atoms with Gasteiger partial charge in [-0.3, -0.25) is 4.79 Å². The summed E-state index contributed by atoms with van der Waals surface area (Å²) in [7, 11) is 0. The van der Waals surface area contributed by atoms with E-state index < -0.39 is 12.1 Å². The minimum Gasteiger partial charge on any atom is -0.481 e. The molecule has 1 aliphatic rings. The van der Waals surface area contributed by atoms with Crippen molar-refractivity contribution in [2.45, 2.75) is 50.7 Å². The van der Waals surface area contributed by atoms with Gasteiger partial charge in [-0.05, 0) is 50.8 Å². The molecule has 0 radical (unpaired) electrons. The zero-order chi connectivity index (χ0) is 15.1. The Bertz CT molecular complexity index is 441. The lowest BCUT2D eigenvalue weighted by Crippen LogP contribution is -2.31. The Balaban J connectivity index is 0.00000242. The van der Waals surface area contributed by atoms with Gasteiger partial charge < -0.3 is 15.1 Å². The number of aliphatic hydroxyl groups is 1. The summed E-state index contributed by atoms with van der Waals surface area (Å²) >= 11 is 0. The van der Waals surface area contributed by atoms with Crippen LogP contribution in [0.2, 0.25) is 0 Å². The molecule has 1 aromatic rings. The van der Waals surface area contributed by atoms with Crippen LogP contribution in [0.1, 0.15) is 50.2 Å². The van der Waals surface area contributed by atoms with E-state index in [2.05, 4.69) is 4.90 Å². The molecule has 0 amide bonds. The van der Waals surface area contributed by atoms with E-state index in [1.54, 1.807) is 0 Å². The number of hydrogen-bond acceptors (Lipinski definition) is 3. The SMILES string of the molecule is Cl.O=C(O)CCCCN1CCCC1CC(O)c1ccccc1. The number of hydrogen-bond donors (Lipinski definition) is 2. The van der Waals surface area contributed by atoms with Crippen LogP contribution in [0.3, 0.4) is 0 Å². The zero-order valence-electron chi connectivity index (χ0n) is 12.9. The Hall–Kier alpha value is -1.10. The smallest absolute Gasteiger partial charge is 0.303 e. The third-order valence-electron chi connectivity index (χ3n) is 4.26. The van der Waals surface area contributed by atoms with E-state index in [0.29, 0.717) is 6.04 Å². The number of aliphatic hydroxyl groups excluding tert-OH is 1. The minimum atomic E-state index is -0.715. The molecule has 4 nitrogen and oxygen atoms in total. The normalized spacial score (nSPS) is 19.6. The van der Waals surface area contributed by atoms with Crippen LogP contribution >= 0.6 is 12.4 Å². The van der Waals surface area contributed by atoms with Crippen molar-refractivity contribution in [3.8, 4) is 0 Å². The second-order valence-corrected chi connectivity index (χ2v) is 5.85. The molecule has 5 heteroatoms. The highest BCUT2D eigenvalue weighted by Gasteiger charge is 2.26. The summed E-state index contributed by atoms with van der Waals surface area (Å²) in [6.07, 6.45) is 4.57. The summed E-state index contributed by atoms with van der Waals surface area (Å²) in [5.41, 5.74) is 0.982. The fourth-order valence-electron chi connectivity index (χ4n) is 3.12. The highest BCUT2D eigenvalue weighted by molar-refractivity contribution is 5.85. The maximum atomic E-state index is 10.5. The number of rotatable bonds is 8. The average molecular weight is 328 g/mol. The molecule has 1 saturated heterocycles. The van der Waals surface area contributed by atoms with E-state index in [9.17, 15) is 9.90 Å². The lowest BCUT2D eigenvalue weighted by molar-refractivity contribution is -0.137. The molecule has 1 heterocycles. The third-order valence-corrected chi connectivity index (χ3v) is 4.26. The summed E-state index contributed by atoms with van der Waals surface area (Å²) in [5, 5.41) is 19.0. The van der Waals surface area contributed by atoms with Crippen molar-refractivity contribution in [3.63, 3.8) is 0 Å². The maximum absolute atomic E-state index is 10.5. The Morgan fingerprint density at radius 1 is 1.27 bits per heavy atom. The number of nitrogens with zero attached hydrogens (tertiary/aromatic N) is 1. The second-order valence-electron chi connectivity index (χ2n) is 5.85. The molecule has 0 aromatic heterocycles. The molecule has 124 valence electrons. The molecule has 2 rings (SSSR count). The molecule has 0 spiro atoms. The number of likely N-dealkylation sites (tertiary alicyclic amines) is 1. The molecule has 22 heavy (non-hydrogen) atoms. The van der Waals surface area contributed by atoms with Crippen LogP contribution in [0.4, 0.5) is 0 Å². The van der Waals surface area contributed by atoms with Crippen molar-refractivity contribution in [2.24, 2.45) is 0 Å². The standard InChI is InChI=1S/C17H25NO3.ClH/c19-16(14-7-2-1-3-8-14)13-15-9-6-12-18(15)11-5-4-10-17(20)21;/h1-3,7-8,15-16,19H,4-6,9-13H2,(H,20,21);1H. The van der Waals surface area contributed by atoms with Gasteiger partial charge in [0.05, 0.1) is 6.10 Å². The number of carboxylic acid groups (broad SMARTS) is 1. The average Bonchev–Trinajstić information content (AvgIpc) is 2.91. The summed E-state index contributed by atoms with van der Waals surface area (Å²) in [4.78, 5) is 12.9. The molecular weight excluding hydrogens is 302 g/mol. The van der Waals surface area contributed by atoms with Gasteiger partial charge in [0.2, 0.25) is 0 Å². The Morgan fingerprint density at radius 3 is 2.68 bits per heavy atom. The molecular formula is C17H26ClNO3. The van der Waals surface area contributed by atoms with Crippen LogP contribution in [0.25, 0.3) is 0 Å². The summed E-state index contributed by atoms with van der Waals surface area (Å²) in [6, 6.07) is 10.2. The Labute approximate surface area is 138 Å². The van der Waals surface area contributed by atoms with Crippen molar-refractivity contribution in [2.75, 3.05) is 13.1 Å². The van der Waals surface area contributed by atoms with E-state index >= 15 is 0 Å². The molecule has 2 unspecified atom stereocenters. The molecule has 2 atom stereocenters. The first-order valence-corrected chi connectivity index (χ1v) is 7.85. The van der Waals surface area contributed by atoms with Gasteiger partial charge in [0.15, 0.2) is 0 Å². The summed E-state index contributed by atoms with van der Waals surface area (Å²) in [5.74, 6) is -0.715. The van der Waals surface area contributed by atoms with Crippen LogP contribution in [0.15, 0.2) is 30.3 Å². The molecule has 0 bridgehead atoms. The molecule has 1 aliphatic heterocycles. The topological polar surface area (TPSA) is 60.8 Å². The Morgan fingerprint density at radius 2 is 2.00 bits per heavy atom. The van der Waals surface area contributed by atoms with Crippen molar-refractivity contribution < 1.29 is 15.0 Å². The van der Waals surface area contributed by atoms with Crippen LogP contribution in [-0.2, 0) is 4.79 Å². The van der Waals surface area contributed by atoms with Gasteiger partial charge in [-0.25, -0.2) is 0 Å². The second kappa shape index (κ2) is 9.82. The zero-order valence-corrected chi connectivity index (χ0v) is 13.7. The number of aliphatic carboxylic acids is 1. The highest BCUT2D eigenvalue weighted by Crippen LogP contribution is 2.27. The number of carboxylic acids is 1. The quantitative estimate of drug-likeness (QED) is 0.719. The highest BCUT2D eigenvalue weighted by atomic mass is 35.5. The molecule has 2 N–H and O–H groups in total. The number of carbonyl (C=O) groups is 1. The van der Waals surface area contributed by atoms with E-state index in [4.69, 9.17) is 5.11 Å². The molecule has 0 saturated carbocycles. The predicted octanol–water partition coefficient (Wildman–Crippen LogP) is 3.25. The number of unbranched alkanes of at least 4 members (excludes halogenated alkanes) is 1. The fourth-order valence-corrected chi connectivity index (χ4v) is 3.12. The number of benzene rings is 1. The summed E-state index contributed by atoms with van der Waals surface area (Å²) < 4.78 is 0. The lowest BCUT2D eigenvalue weighted by atomic mass is 10.0. The van der Waals surface area contributed by atoms with Crippen LogP contribution in [-0.4, -0.2) is 40.2 Å². The van der Waals surface area contributed by atoms with Crippen molar-refractivity contribution >= 4 is 18.4 Å². The predicted molar refractivity (Wildman–Crippen MR) is 89.3 cm³/mol. The fraction of sp³-hybridized carbons (Fsp3) is 0.588. The van der Waals surface area contributed by atoms with E-state index in [1.165, 1.54) is 6.42 Å². The first kappa shape index (κ1) is 18.9. The van der Waals surface area contributed by atoms with Gasteiger partial charge in [-0.1, -0.05) is 30.3 Å². The van der Waals surface area contributed by atoms with Crippen LogP contribution < -0.4 is 0 Å². The van der Waals surface area contributed by atoms with Gasteiger partial charge in [0.1, 0.15) is 0 Å². The van der Waals surface area contributed by atoms with Crippen molar-refractivity contribution in [1.82, 2.24) is 4.90 Å². The first-order valence-electron chi connectivity index (χ1n) is 7.85. The third kappa shape index (κ3) is 5.95. The first-order chi connectivity index (χ1) is 10.2. The molecule has 1 fully saturated rings. The van der Waals surface area contributed by atoms with Gasteiger partial charge in [-0.15, -0.1) is 12.4 Å². The van der Waals surface area contributed by atoms with E-state index in [1.807, 2.05) is 30.3 Å². The van der Waals surface area contributed by atoms with Crippen molar-refractivity contribution in [3.05, 3.63) is 35.9 Å². The maximum Gasteiger partial charge on any atom is 0.303 e. The Kier molecular flexibility index (Phi) is 8.46. The molecule has 0 aliphatic carbocycles. The number of halogens is 1. The molecule has 1 aromatic carbocycles. The lowest BCUT2D eigenvalue weighted by Gasteiger charge is -2.26. The van der Waals surface area contributed by atoms with E-state index in [-0.39, 0.29) is 18.8 Å². The largest absolute Gasteiger partial charge is 0.481 e. The minimum absolute atomic E-state index is 0. The van der Waals surface area contributed by atoms with Gasteiger partial charge in [0, 0.05) is 12.5 Å². The van der Waals surface area contributed by atoms with Crippen LogP contribution in [0.5, 0.6) is 0 Å². The monoisotopic (exact) mass is 327 g/mol. The van der Waals surface area contributed by atoms with Gasteiger partial charge in [0.25, 0.3) is 0 Å². The van der Waals surface area contributed by atoms with Gasteiger partial charge >= 0.3 is 5.97 Å².